The maximum Gasteiger partial charge on any atom is 0.406 e. The van der Waals surface area contributed by atoms with E-state index in [0.717, 1.165) is 30.9 Å². The Balaban J connectivity index is 2.17. The zero-order valence-corrected chi connectivity index (χ0v) is 17.8. The van der Waals surface area contributed by atoms with Crippen molar-refractivity contribution in [1.82, 2.24) is 14.6 Å². The SMILES string of the molecule is CCOP(=O)(N[C@@H](C)C(=O)OC)OC[C@H]1O[C@@H](n2ccc(=O)[nH]c2=O)[C@](C)(F)[C@@H]1O. The number of rotatable bonds is 9. The Labute approximate surface area is 170 Å². The van der Waals surface area contributed by atoms with Crippen molar-refractivity contribution in [1.29, 1.82) is 0 Å². The van der Waals surface area contributed by atoms with E-state index in [0.29, 0.717) is 0 Å². The normalized spacial score (nSPS) is 29.3. The average Bonchev–Trinajstić information content (AvgIpc) is 2.89. The number of alkyl halides is 1. The number of esters is 1. The number of hydrogen-bond acceptors (Lipinski definition) is 9. The van der Waals surface area contributed by atoms with Crippen molar-refractivity contribution >= 4 is 13.7 Å². The van der Waals surface area contributed by atoms with Crippen molar-refractivity contribution in [2.45, 2.75) is 50.9 Å². The summed E-state index contributed by atoms with van der Waals surface area (Å²) in [7, 11) is -2.90. The van der Waals surface area contributed by atoms with E-state index in [2.05, 4.69) is 9.82 Å². The van der Waals surface area contributed by atoms with Crippen molar-refractivity contribution in [2.75, 3.05) is 20.3 Å². The number of methoxy groups -OCH3 is 1. The average molecular weight is 453 g/mol. The van der Waals surface area contributed by atoms with E-state index >= 15 is 4.39 Å². The highest BCUT2D eigenvalue weighted by molar-refractivity contribution is 7.51. The van der Waals surface area contributed by atoms with E-state index in [4.69, 9.17) is 13.8 Å². The molecule has 6 atom stereocenters. The molecule has 0 radical (unpaired) electrons. The summed E-state index contributed by atoms with van der Waals surface area (Å²) in [5.74, 6) is -0.718. The smallest absolute Gasteiger partial charge is 0.406 e. The minimum absolute atomic E-state index is 0.0392. The van der Waals surface area contributed by atoms with Crippen LogP contribution in [0.15, 0.2) is 21.9 Å². The Bertz CT molecular complexity index is 918. The summed E-state index contributed by atoms with van der Waals surface area (Å²) in [6, 6.07) is -0.0425. The van der Waals surface area contributed by atoms with Crippen molar-refractivity contribution in [3.05, 3.63) is 33.1 Å². The van der Waals surface area contributed by atoms with Gasteiger partial charge in [0.1, 0.15) is 18.2 Å². The van der Waals surface area contributed by atoms with Gasteiger partial charge in [-0.3, -0.25) is 28.2 Å². The third kappa shape index (κ3) is 5.23. The lowest BCUT2D eigenvalue weighted by atomic mass is 9.98. The molecule has 1 aliphatic rings. The van der Waals surface area contributed by atoms with Crippen molar-refractivity contribution in [3.63, 3.8) is 0 Å². The molecule has 0 bridgehead atoms. The second-order valence-corrected chi connectivity index (χ2v) is 8.49. The number of ether oxygens (including phenoxy) is 2. The van der Waals surface area contributed by atoms with Crippen LogP contribution in [0.3, 0.4) is 0 Å². The van der Waals surface area contributed by atoms with Crippen LogP contribution in [0.1, 0.15) is 27.0 Å². The first-order chi connectivity index (χ1) is 13.9. The van der Waals surface area contributed by atoms with Crippen LogP contribution in [-0.2, 0) is 27.9 Å². The van der Waals surface area contributed by atoms with Gasteiger partial charge in [0.15, 0.2) is 11.9 Å². The van der Waals surface area contributed by atoms with E-state index in [1.807, 2.05) is 4.98 Å². The number of hydrogen-bond donors (Lipinski definition) is 3. The van der Waals surface area contributed by atoms with Crippen molar-refractivity contribution < 1.29 is 37.4 Å². The first-order valence-electron chi connectivity index (χ1n) is 9.03. The number of nitrogens with one attached hydrogen (secondary N) is 2. The van der Waals surface area contributed by atoms with Gasteiger partial charge in [0.25, 0.3) is 5.56 Å². The molecule has 14 heteroatoms. The van der Waals surface area contributed by atoms with Crippen LogP contribution >= 0.6 is 7.75 Å². The van der Waals surface area contributed by atoms with E-state index in [1.54, 1.807) is 6.92 Å². The lowest BCUT2D eigenvalue weighted by Gasteiger charge is -2.25. The minimum atomic E-state index is -4.05. The zero-order valence-electron chi connectivity index (χ0n) is 16.9. The van der Waals surface area contributed by atoms with Crippen molar-refractivity contribution in [3.8, 4) is 0 Å². The van der Waals surface area contributed by atoms with Crippen LogP contribution in [-0.4, -0.2) is 64.9 Å². The first-order valence-corrected chi connectivity index (χ1v) is 10.6. The molecule has 1 aliphatic heterocycles. The monoisotopic (exact) mass is 453 g/mol. The lowest BCUT2D eigenvalue weighted by molar-refractivity contribution is -0.142. The molecule has 1 saturated heterocycles. The summed E-state index contributed by atoms with van der Waals surface area (Å²) >= 11 is 0. The van der Waals surface area contributed by atoms with E-state index in [-0.39, 0.29) is 6.61 Å². The van der Waals surface area contributed by atoms with Gasteiger partial charge in [-0.15, -0.1) is 0 Å². The van der Waals surface area contributed by atoms with Gasteiger partial charge >= 0.3 is 19.4 Å². The van der Waals surface area contributed by atoms with Gasteiger partial charge in [0, 0.05) is 12.3 Å². The van der Waals surface area contributed by atoms with Crippen LogP contribution in [0.2, 0.25) is 0 Å². The number of carbonyl (C=O) groups excluding carboxylic acids is 1. The largest absolute Gasteiger partial charge is 0.468 e. The second-order valence-electron chi connectivity index (χ2n) is 6.73. The molecule has 1 aromatic rings. The standard InChI is InChI=1S/C16H25FN3O9P/c1-5-27-30(25,19-9(2)13(23)26-4)28-8-10-12(22)16(3,17)14(29-10)20-7-6-11(21)18-15(20)24/h6-7,9-10,12,14,22H,5,8H2,1-4H3,(H,19,25)(H,18,21,24)/t9-,10+,12+,14+,16+,30?/m0/s1. The molecule has 170 valence electrons. The fourth-order valence-corrected chi connectivity index (χ4v) is 4.37. The number of aliphatic hydroxyl groups is 1. The summed E-state index contributed by atoms with van der Waals surface area (Å²) in [6.45, 7) is 3.30. The van der Waals surface area contributed by atoms with Gasteiger partial charge in [-0.25, -0.2) is 18.8 Å². The number of H-pyrrole nitrogens is 1. The zero-order chi connectivity index (χ0) is 22.7. The van der Waals surface area contributed by atoms with Gasteiger partial charge in [-0.05, 0) is 20.8 Å². The van der Waals surface area contributed by atoms with E-state index in [9.17, 15) is 24.1 Å². The Morgan fingerprint density at radius 1 is 1.50 bits per heavy atom. The van der Waals surface area contributed by atoms with Gasteiger partial charge in [0.05, 0.1) is 20.3 Å². The van der Waals surface area contributed by atoms with Crippen LogP contribution in [0.25, 0.3) is 0 Å². The summed E-state index contributed by atoms with van der Waals surface area (Å²) in [4.78, 5) is 36.7. The summed E-state index contributed by atoms with van der Waals surface area (Å²) in [5, 5.41) is 12.7. The number of carbonyl (C=O) groups is 1. The molecule has 2 rings (SSSR count). The van der Waals surface area contributed by atoms with Gasteiger partial charge in [-0.1, -0.05) is 0 Å². The molecule has 0 aromatic carbocycles. The quantitative estimate of drug-likeness (QED) is 0.339. The van der Waals surface area contributed by atoms with Gasteiger partial charge < -0.3 is 14.6 Å². The Morgan fingerprint density at radius 3 is 2.73 bits per heavy atom. The van der Waals surface area contributed by atoms with Crippen LogP contribution in [0.4, 0.5) is 4.39 Å². The number of halogens is 1. The molecular weight excluding hydrogens is 428 g/mol. The molecule has 12 nitrogen and oxygen atoms in total. The maximum absolute atomic E-state index is 15.2. The molecule has 0 saturated carbocycles. The molecule has 0 aliphatic carbocycles. The van der Waals surface area contributed by atoms with Crippen molar-refractivity contribution in [2.24, 2.45) is 0 Å². The van der Waals surface area contributed by atoms with Gasteiger partial charge in [-0.2, -0.15) is 0 Å². The third-order valence-electron chi connectivity index (χ3n) is 4.44. The molecule has 0 amide bonds. The predicted molar refractivity (Wildman–Crippen MR) is 101 cm³/mol. The summed E-state index contributed by atoms with van der Waals surface area (Å²) < 4.78 is 49.0. The maximum atomic E-state index is 15.2. The molecule has 0 spiro atoms. The Hall–Kier alpha value is -1.89. The molecule has 1 fully saturated rings. The molecule has 2 heterocycles. The highest BCUT2D eigenvalue weighted by Crippen LogP contribution is 2.47. The lowest BCUT2D eigenvalue weighted by Crippen LogP contribution is -2.43. The Kier molecular flexibility index (Phi) is 7.72. The van der Waals surface area contributed by atoms with E-state index in [1.165, 1.54) is 6.92 Å². The fraction of sp³-hybridized carbons (Fsp3) is 0.688. The predicted octanol–water partition coefficient (Wildman–Crippen LogP) is -0.165. The number of nitrogens with zero attached hydrogens (tertiary/aromatic N) is 1. The van der Waals surface area contributed by atoms with Gasteiger partial charge in [0.2, 0.25) is 0 Å². The fourth-order valence-electron chi connectivity index (χ4n) is 2.88. The molecule has 1 unspecified atom stereocenters. The second kappa shape index (κ2) is 9.50. The summed E-state index contributed by atoms with van der Waals surface area (Å²) in [5.41, 5.74) is -4.06. The molecular formula is C16H25FN3O9P. The molecule has 3 N–H and O–H groups in total. The topological polar surface area (TPSA) is 158 Å². The number of aromatic amines is 1. The van der Waals surface area contributed by atoms with Crippen LogP contribution < -0.4 is 16.3 Å². The third-order valence-corrected chi connectivity index (χ3v) is 6.23. The number of aromatic nitrogens is 2. The van der Waals surface area contributed by atoms with E-state index < -0.39 is 61.7 Å². The summed E-state index contributed by atoms with van der Waals surface area (Å²) in [6.07, 6.45) is -3.66. The Morgan fingerprint density at radius 2 is 2.17 bits per heavy atom. The minimum Gasteiger partial charge on any atom is -0.468 e. The highest BCUT2D eigenvalue weighted by Gasteiger charge is 2.55. The highest BCUT2D eigenvalue weighted by atomic mass is 31.2. The van der Waals surface area contributed by atoms with Crippen LogP contribution in [0, 0.1) is 0 Å². The first kappa shape index (κ1) is 24.4. The van der Waals surface area contributed by atoms with Crippen LogP contribution in [0.5, 0.6) is 0 Å². The molecule has 1 aromatic heterocycles. The number of aliphatic hydroxyl groups excluding tert-OH is 1. The molecule has 30 heavy (non-hydrogen) atoms.